The van der Waals surface area contributed by atoms with Crippen LogP contribution >= 0.6 is 0 Å². The van der Waals surface area contributed by atoms with E-state index in [-0.39, 0.29) is 6.61 Å². The minimum absolute atomic E-state index is 0.136. The van der Waals surface area contributed by atoms with Crippen LogP contribution in [-0.2, 0) is 4.74 Å². The molecule has 0 aromatic carbocycles. The van der Waals surface area contributed by atoms with E-state index in [2.05, 4.69) is 11.8 Å². The van der Waals surface area contributed by atoms with Gasteiger partial charge in [-0.2, -0.15) is 0 Å². The summed E-state index contributed by atoms with van der Waals surface area (Å²) in [4.78, 5) is 2.53. The Morgan fingerprint density at radius 1 is 1.36 bits per heavy atom. The van der Waals surface area contributed by atoms with E-state index in [9.17, 15) is 0 Å². The van der Waals surface area contributed by atoms with Gasteiger partial charge in [-0.1, -0.05) is 13.3 Å². The van der Waals surface area contributed by atoms with Crippen molar-refractivity contribution in [2.45, 2.75) is 38.6 Å². The molecule has 1 aliphatic heterocycles. The average Bonchev–Trinajstić information content (AvgIpc) is 2.25. The van der Waals surface area contributed by atoms with E-state index in [0.29, 0.717) is 6.61 Å². The molecule has 0 spiro atoms. The van der Waals surface area contributed by atoms with Crippen LogP contribution in [0.3, 0.4) is 0 Å². The van der Waals surface area contributed by atoms with Crippen molar-refractivity contribution >= 4 is 0 Å². The van der Waals surface area contributed by atoms with Gasteiger partial charge in [0.25, 0.3) is 0 Å². The molecule has 0 saturated carbocycles. The molecule has 0 aromatic heterocycles. The van der Waals surface area contributed by atoms with Crippen LogP contribution in [0, 0.1) is 0 Å². The van der Waals surface area contributed by atoms with Crippen molar-refractivity contribution in [1.29, 1.82) is 0 Å². The second kappa shape index (κ2) is 7.21. The fourth-order valence-electron chi connectivity index (χ4n) is 2.17. The molecule has 1 N–H and O–H groups in total. The van der Waals surface area contributed by atoms with Crippen molar-refractivity contribution in [2.75, 3.05) is 32.9 Å². The summed E-state index contributed by atoms with van der Waals surface area (Å²) in [6, 6.07) is 0.765. The molecule has 0 radical (unpaired) electrons. The van der Waals surface area contributed by atoms with E-state index >= 15 is 0 Å². The van der Waals surface area contributed by atoms with E-state index in [0.717, 1.165) is 19.2 Å². The number of nitrogens with zero attached hydrogens (tertiary/aromatic N) is 1. The predicted octanol–water partition coefficient (Wildman–Crippen LogP) is 1.26. The summed E-state index contributed by atoms with van der Waals surface area (Å²) >= 11 is 0. The molecule has 1 aliphatic rings. The van der Waals surface area contributed by atoms with Crippen molar-refractivity contribution in [1.82, 2.24) is 4.90 Å². The molecular formula is C11H23NO2. The Kier molecular flexibility index (Phi) is 6.15. The highest BCUT2D eigenvalue weighted by Gasteiger charge is 2.19. The van der Waals surface area contributed by atoms with E-state index in [1.165, 1.54) is 32.2 Å². The molecule has 3 nitrogen and oxygen atoms in total. The van der Waals surface area contributed by atoms with E-state index in [1.807, 2.05) is 0 Å². The lowest BCUT2D eigenvalue weighted by Crippen LogP contribution is -2.41. The molecule has 1 rings (SSSR count). The zero-order valence-corrected chi connectivity index (χ0v) is 9.24. The third-order valence-corrected chi connectivity index (χ3v) is 2.98. The molecule has 14 heavy (non-hydrogen) atoms. The van der Waals surface area contributed by atoms with Crippen LogP contribution in [0.4, 0.5) is 0 Å². The normalized spacial score (nSPS) is 24.0. The van der Waals surface area contributed by atoms with Gasteiger partial charge in [-0.05, 0) is 25.8 Å². The minimum Gasteiger partial charge on any atom is -0.394 e. The summed E-state index contributed by atoms with van der Waals surface area (Å²) in [5.74, 6) is 0. The monoisotopic (exact) mass is 201 g/mol. The summed E-state index contributed by atoms with van der Waals surface area (Å²) in [7, 11) is 0. The molecule has 1 heterocycles. The van der Waals surface area contributed by atoms with Crippen LogP contribution < -0.4 is 0 Å². The fraction of sp³-hybridized carbons (Fsp3) is 1.00. The van der Waals surface area contributed by atoms with Crippen molar-refractivity contribution in [2.24, 2.45) is 0 Å². The molecule has 0 aliphatic carbocycles. The Balaban J connectivity index is 2.13. The first-order chi connectivity index (χ1) is 6.88. The number of piperidine rings is 1. The Labute approximate surface area is 87.1 Å². The maximum Gasteiger partial charge on any atom is 0.0698 e. The Bertz CT molecular complexity index is 141. The Morgan fingerprint density at radius 2 is 2.21 bits per heavy atom. The lowest BCUT2D eigenvalue weighted by Gasteiger charge is -2.34. The third-order valence-electron chi connectivity index (χ3n) is 2.98. The molecule has 3 heteroatoms. The zero-order chi connectivity index (χ0) is 10.2. The van der Waals surface area contributed by atoms with E-state index in [1.54, 1.807) is 0 Å². The topological polar surface area (TPSA) is 32.7 Å². The number of hydrogen-bond acceptors (Lipinski definition) is 3. The number of hydrogen-bond donors (Lipinski definition) is 1. The molecule has 0 bridgehead atoms. The van der Waals surface area contributed by atoms with Crippen LogP contribution in [0.1, 0.15) is 32.6 Å². The van der Waals surface area contributed by atoms with Crippen molar-refractivity contribution < 1.29 is 9.84 Å². The van der Waals surface area contributed by atoms with Gasteiger partial charge in [0, 0.05) is 12.6 Å². The Hall–Kier alpha value is -0.120. The molecule has 1 atom stereocenters. The Morgan fingerprint density at radius 3 is 2.93 bits per heavy atom. The highest BCUT2D eigenvalue weighted by Crippen LogP contribution is 2.18. The van der Waals surface area contributed by atoms with Gasteiger partial charge in [0.05, 0.1) is 19.8 Å². The van der Waals surface area contributed by atoms with Gasteiger partial charge in [-0.3, -0.25) is 4.90 Å². The van der Waals surface area contributed by atoms with E-state index in [4.69, 9.17) is 9.84 Å². The first-order valence-electron chi connectivity index (χ1n) is 5.81. The number of likely N-dealkylation sites (tertiary alicyclic amines) is 1. The van der Waals surface area contributed by atoms with Crippen molar-refractivity contribution in [3.05, 3.63) is 0 Å². The molecule has 84 valence electrons. The predicted molar refractivity (Wildman–Crippen MR) is 57.4 cm³/mol. The van der Waals surface area contributed by atoms with Crippen molar-refractivity contribution in [3.8, 4) is 0 Å². The summed E-state index contributed by atoms with van der Waals surface area (Å²) in [6.07, 6.45) is 5.31. The van der Waals surface area contributed by atoms with E-state index < -0.39 is 0 Å². The van der Waals surface area contributed by atoms with Gasteiger partial charge < -0.3 is 9.84 Å². The van der Waals surface area contributed by atoms with Crippen LogP contribution in [0.5, 0.6) is 0 Å². The van der Waals surface area contributed by atoms with Gasteiger partial charge in [0.2, 0.25) is 0 Å². The number of aliphatic hydroxyl groups excluding tert-OH is 1. The van der Waals surface area contributed by atoms with Gasteiger partial charge in [-0.25, -0.2) is 0 Å². The summed E-state index contributed by atoms with van der Waals surface area (Å²) in [5, 5.41) is 8.56. The maximum absolute atomic E-state index is 8.56. The smallest absolute Gasteiger partial charge is 0.0698 e. The SMILES string of the molecule is CC[C@H]1CCCCN1CCOCCO. The van der Waals surface area contributed by atoms with Crippen LogP contribution in [-0.4, -0.2) is 49.0 Å². The summed E-state index contributed by atoms with van der Waals surface area (Å²) in [5.41, 5.74) is 0. The largest absolute Gasteiger partial charge is 0.394 e. The lowest BCUT2D eigenvalue weighted by molar-refractivity contribution is 0.0527. The minimum atomic E-state index is 0.136. The zero-order valence-electron chi connectivity index (χ0n) is 9.24. The number of aliphatic hydroxyl groups is 1. The molecule has 0 aromatic rings. The molecular weight excluding hydrogens is 178 g/mol. The van der Waals surface area contributed by atoms with Gasteiger partial charge in [0.1, 0.15) is 0 Å². The van der Waals surface area contributed by atoms with Gasteiger partial charge >= 0.3 is 0 Å². The first-order valence-corrected chi connectivity index (χ1v) is 5.81. The third kappa shape index (κ3) is 3.95. The summed E-state index contributed by atoms with van der Waals surface area (Å²) < 4.78 is 5.29. The number of rotatable bonds is 6. The maximum atomic E-state index is 8.56. The van der Waals surface area contributed by atoms with Crippen LogP contribution in [0.2, 0.25) is 0 Å². The second-order valence-electron chi connectivity index (χ2n) is 3.93. The lowest BCUT2D eigenvalue weighted by atomic mass is 10.0. The average molecular weight is 201 g/mol. The fourth-order valence-corrected chi connectivity index (χ4v) is 2.17. The van der Waals surface area contributed by atoms with Crippen LogP contribution in [0.25, 0.3) is 0 Å². The molecule has 1 saturated heterocycles. The number of ether oxygens (including phenoxy) is 1. The highest BCUT2D eigenvalue weighted by atomic mass is 16.5. The standard InChI is InChI=1S/C11H23NO2/c1-2-11-5-3-4-6-12(11)7-9-14-10-8-13/h11,13H,2-10H2,1H3/t11-/m0/s1. The molecule has 1 fully saturated rings. The summed E-state index contributed by atoms with van der Waals surface area (Å²) in [6.45, 7) is 5.88. The quantitative estimate of drug-likeness (QED) is 0.657. The van der Waals surface area contributed by atoms with Crippen molar-refractivity contribution in [3.63, 3.8) is 0 Å². The molecule has 0 unspecified atom stereocenters. The first kappa shape index (κ1) is 12.0. The highest BCUT2D eigenvalue weighted by molar-refractivity contribution is 4.75. The van der Waals surface area contributed by atoms with Crippen LogP contribution in [0.15, 0.2) is 0 Å². The van der Waals surface area contributed by atoms with Gasteiger partial charge in [0.15, 0.2) is 0 Å². The van der Waals surface area contributed by atoms with Gasteiger partial charge in [-0.15, -0.1) is 0 Å². The molecule has 0 amide bonds. The second-order valence-corrected chi connectivity index (χ2v) is 3.93.